The molecule has 12 saturated carbocycles. The molecule has 17 heteroatoms. The zero-order valence-electron chi connectivity index (χ0n) is 73.0. The monoisotopic (exact) mass is 1580 g/mol. The van der Waals surface area contributed by atoms with E-state index in [1.807, 2.05) is 12.5 Å². The van der Waals surface area contributed by atoms with Crippen molar-refractivity contribution >= 4 is 39.8 Å². The number of hydrogen-bond donors (Lipinski definition) is 2. The van der Waals surface area contributed by atoms with Crippen molar-refractivity contribution < 1.29 is 65.7 Å². The number of Topliss-reactive ketones (excluding diaryl/α,β-unsaturated/α-hetero) is 1. The highest BCUT2D eigenvalue weighted by Crippen LogP contribution is 2.68. The molecule has 0 unspecified atom stereocenters. The summed E-state index contributed by atoms with van der Waals surface area (Å²) in [4.78, 5) is 65.0. The van der Waals surface area contributed by atoms with Crippen LogP contribution in [0, 0.1) is 138 Å². The Morgan fingerprint density at radius 1 is 0.438 bits per heavy atom. The zero-order chi connectivity index (χ0) is 82.1. The molecule has 28 atom stereocenters. The number of nitrogens with zero attached hydrogens (tertiary/aromatic N) is 2. The highest BCUT2D eigenvalue weighted by molar-refractivity contribution is 7.86. The molecule has 1 aromatic rings. The minimum absolute atomic E-state index is 0.00472. The molecule has 2 N–H and O–H groups in total. The number of aliphatic hydroxyl groups is 2. The molecule has 0 bridgehead atoms. The fourth-order valence-corrected chi connectivity index (χ4v) is 28.1. The van der Waals surface area contributed by atoms with Crippen LogP contribution in [0.15, 0.2) is 55.2 Å². The van der Waals surface area contributed by atoms with Crippen molar-refractivity contribution in [2.75, 3.05) is 26.1 Å². The number of imidazole rings is 1. The Balaban J connectivity index is 0.000000159. The second-order valence-electron chi connectivity index (χ2n) is 41.6. The number of rotatable bonds is 19. The molecule has 0 radical (unpaired) electrons. The highest BCUT2D eigenvalue weighted by Gasteiger charge is 2.64. The normalized spacial score (nSPS) is 43.7. The predicted octanol–water partition coefficient (Wildman–Crippen LogP) is 20.4. The zero-order valence-corrected chi connectivity index (χ0v) is 73.8. The topological polar surface area (TPSA) is 224 Å². The molecule has 12 aliphatic carbocycles. The van der Waals surface area contributed by atoms with Gasteiger partial charge in [-0.1, -0.05) is 145 Å². The van der Waals surface area contributed by atoms with E-state index in [1.54, 1.807) is 13.8 Å². The van der Waals surface area contributed by atoms with Gasteiger partial charge in [0.05, 0.1) is 19.2 Å². The molecule has 634 valence electrons. The largest absolute Gasteiger partial charge is 0.462 e. The number of carbonyl (C=O) groups excluding carboxylic acids is 5. The van der Waals surface area contributed by atoms with Crippen molar-refractivity contribution in [1.82, 2.24) is 9.55 Å². The Morgan fingerprint density at radius 2 is 0.732 bits per heavy atom. The van der Waals surface area contributed by atoms with Crippen LogP contribution in [0.2, 0.25) is 0 Å². The van der Waals surface area contributed by atoms with Crippen LogP contribution in [0.4, 0.5) is 0 Å². The summed E-state index contributed by atoms with van der Waals surface area (Å²) in [6.45, 7) is 49.2. The molecule has 13 rings (SSSR count). The van der Waals surface area contributed by atoms with Crippen LogP contribution in [-0.2, 0) is 63.8 Å². The second kappa shape index (κ2) is 36.2. The summed E-state index contributed by atoms with van der Waals surface area (Å²) in [5.74, 6) is 7.23. The van der Waals surface area contributed by atoms with Crippen LogP contribution in [0.25, 0.3) is 0 Å². The number of esters is 4. The van der Waals surface area contributed by atoms with E-state index in [0.29, 0.717) is 89.1 Å². The van der Waals surface area contributed by atoms with Gasteiger partial charge in [-0.3, -0.25) is 28.2 Å². The summed E-state index contributed by atoms with van der Waals surface area (Å²) in [6, 6.07) is 0. The smallest absolute Gasteiger partial charge is 0.302 e. The summed E-state index contributed by atoms with van der Waals surface area (Å²) < 4.78 is 54.5. The Labute approximate surface area is 677 Å². The first-order valence-electron chi connectivity index (χ1n) is 44.8. The standard InChI is InChI=1S/C26H40N2O2.C24H40O5S.C23H38O3.C22H36O4/c1-18-8-11-26(5,21(16-18)10-14-28-15-13-27-17-28)23-9-12-25(4)19(2)6-7-22(25)24(23)30-20(3)29;1-16-9-12-24(5,19(15-16)11-14-28-30(6,26)27)21-10-13-23(4)17(2)7-8-20(23)22(21)29-18(3)25;1-15-8-11-23(5,18(14-15)10-13-24)20-9-12-22(4)16(2)6-7-19(22)21(20)26-17(3)25;1-14-7-10-21(3,16(13-14)9-12-23)18-8-11-22(4)17(5-6-19(22)25)20(18)26-15(2)24/h13,15,17-18,21-24H,2,6-12,14,16H2,1,3-5H3;16,19-22H,2,7-15H2,1,3-6H3;15,18-21,24H,2,6-14H2,1,3-5H3;14,16-18,20,23H,5-13H2,1-4H3/t18-,21-,22-,23-,24-,25+,26-;16-,19-,20-,21-,22-,23+,24-;15-,18-,19-,20-,21-,22+,23-;14-,16-,17-,18-,20-,21-,22-/m0000/s1. The van der Waals surface area contributed by atoms with Gasteiger partial charge in [0, 0.05) is 119 Å². The molecule has 16 nitrogen and oxygen atoms in total. The molecule has 0 amide bonds. The molecular weight excluding hydrogens is 1430 g/mol. The molecule has 1 aromatic heterocycles. The fraction of sp³-hybridized carbons (Fsp3) is 0.853. The molecule has 12 fully saturated rings. The number of allylic oxidation sites excluding steroid dienone is 3. The SMILES string of the molecule is C=C1CC[C@H]2[C@H](OC(C)=O)[C@@H]([C@@]3(C)CC[C@H](C)C[C@@H]3CCO)CC[C@]12C.C=C1CC[C@H]2[C@H](OC(C)=O)[C@@H]([C@@]3(C)CC[C@H](C)C[C@@H]3CCOS(C)(=O)=O)CC[C@]12C.C=C1CC[C@H]2[C@H](OC(C)=O)[C@@H]([C@@]3(C)CC[C@H](C)C[C@@H]3CCn3ccnc3)CC[C@]12C.CC(=O)O[C@@H]1[C@@H]([C@@]2(C)CC[C@H](C)C[C@@H]2CCO)CC[C@]2(C)C(=O)CC[C@@H]12. The minimum Gasteiger partial charge on any atom is -0.462 e. The van der Waals surface area contributed by atoms with Gasteiger partial charge < -0.3 is 33.7 Å². The van der Waals surface area contributed by atoms with Crippen molar-refractivity contribution in [3.8, 4) is 0 Å². The van der Waals surface area contributed by atoms with Gasteiger partial charge >= 0.3 is 23.9 Å². The molecule has 112 heavy (non-hydrogen) atoms. The molecule has 0 aliphatic heterocycles. The number of fused-ring (bicyclic) bond motifs is 4. The van der Waals surface area contributed by atoms with Gasteiger partial charge in [-0.25, -0.2) is 4.98 Å². The molecule has 0 spiro atoms. The predicted molar refractivity (Wildman–Crippen MR) is 443 cm³/mol. The number of ether oxygens (including phenoxy) is 4. The van der Waals surface area contributed by atoms with E-state index in [4.69, 9.17) is 23.1 Å². The Kier molecular flexibility index (Phi) is 29.1. The molecule has 0 saturated heterocycles. The van der Waals surface area contributed by atoms with Gasteiger partial charge in [0.2, 0.25) is 0 Å². The van der Waals surface area contributed by atoms with Gasteiger partial charge in [-0.15, -0.1) is 0 Å². The number of ketones is 1. The van der Waals surface area contributed by atoms with Crippen molar-refractivity contribution in [2.24, 2.45) is 138 Å². The maximum atomic E-state index is 12.6. The lowest BCUT2D eigenvalue weighted by atomic mass is 9.51. The Bertz CT molecular complexity index is 3480. The third-order valence-electron chi connectivity index (χ3n) is 35.2. The van der Waals surface area contributed by atoms with E-state index < -0.39 is 10.1 Å². The van der Waals surface area contributed by atoms with Gasteiger partial charge in [0.15, 0.2) is 0 Å². The third kappa shape index (κ3) is 18.8. The number of carbonyl (C=O) groups is 5. The second-order valence-corrected chi connectivity index (χ2v) is 43.3. The summed E-state index contributed by atoms with van der Waals surface area (Å²) in [5, 5.41) is 19.3. The third-order valence-corrected chi connectivity index (χ3v) is 35.7. The maximum absolute atomic E-state index is 12.6. The van der Waals surface area contributed by atoms with Gasteiger partial charge in [0.1, 0.15) is 30.2 Å². The van der Waals surface area contributed by atoms with Gasteiger partial charge in [0.25, 0.3) is 10.1 Å². The van der Waals surface area contributed by atoms with E-state index >= 15 is 0 Å². The Hall–Kier alpha value is -4.19. The Morgan fingerprint density at radius 3 is 1.03 bits per heavy atom. The first-order chi connectivity index (χ1) is 52.5. The van der Waals surface area contributed by atoms with E-state index in [9.17, 15) is 42.6 Å². The number of aryl methyl sites for hydroxylation is 1. The first kappa shape index (κ1) is 90.1. The van der Waals surface area contributed by atoms with Crippen molar-refractivity contribution in [2.45, 2.75) is 347 Å². The van der Waals surface area contributed by atoms with Crippen molar-refractivity contribution in [3.05, 3.63) is 55.2 Å². The van der Waals surface area contributed by atoms with Crippen LogP contribution in [0.1, 0.15) is 316 Å². The van der Waals surface area contributed by atoms with Gasteiger partial charge in [-0.2, -0.15) is 8.42 Å². The van der Waals surface area contributed by atoms with E-state index in [-0.39, 0.29) is 117 Å². The minimum atomic E-state index is -3.43. The maximum Gasteiger partial charge on any atom is 0.302 e. The lowest BCUT2D eigenvalue weighted by Crippen LogP contribution is -2.54. The van der Waals surface area contributed by atoms with Crippen LogP contribution in [0.3, 0.4) is 0 Å². The van der Waals surface area contributed by atoms with E-state index in [1.165, 1.54) is 88.4 Å². The van der Waals surface area contributed by atoms with Crippen LogP contribution < -0.4 is 0 Å². The average Bonchev–Trinajstić information content (AvgIpc) is 1.46. The van der Waals surface area contributed by atoms with Crippen LogP contribution >= 0.6 is 0 Å². The highest BCUT2D eigenvalue weighted by atomic mass is 32.2. The molecule has 1 heterocycles. The number of hydrogen-bond acceptors (Lipinski definition) is 15. The summed E-state index contributed by atoms with van der Waals surface area (Å²) >= 11 is 0. The number of aliphatic hydroxyl groups excluding tert-OH is 2. The first-order valence-corrected chi connectivity index (χ1v) is 46.6. The van der Waals surface area contributed by atoms with Crippen molar-refractivity contribution in [3.63, 3.8) is 0 Å². The number of aromatic nitrogens is 2. The van der Waals surface area contributed by atoms with Crippen molar-refractivity contribution in [1.29, 1.82) is 0 Å². The summed E-state index contributed by atoms with van der Waals surface area (Å²) in [6.07, 6.45) is 41.1. The average molecular weight is 1580 g/mol. The van der Waals surface area contributed by atoms with E-state index in [0.717, 1.165) is 166 Å². The van der Waals surface area contributed by atoms with Gasteiger partial charge in [-0.05, 0) is 259 Å². The lowest BCUT2D eigenvalue weighted by molar-refractivity contribution is -0.176. The molecule has 0 aromatic carbocycles. The summed E-state index contributed by atoms with van der Waals surface area (Å²) in [7, 11) is -3.43. The van der Waals surface area contributed by atoms with Crippen LogP contribution in [-0.4, -0.2) is 108 Å². The van der Waals surface area contributed by atoms with Crippen LogP contribution in [0.5, 0.6) is 0 Å². The molecule has 12 aliphatic rings. The lowest BCUT2D eigenvalue weighted by Gasteiger charge is -2.56. The summed E-state index contributed by atoms with van der Waals surface area (Å²) in [5.41, 5.74) is 4.51. The quantitative estimate of drug-likeness (QED) is 0.0569. The van der Waals surface area contributed by atoms with E-state index in [2.05, 4.69) is 119 Å². The molecular formula is C95H154N2O14S. The fourth-order valence-electron chi connectivity index (χ4n) is 27.7.